The van der Waals surface area contributed by atoms with Crippen molar-refractivity contribution in [2.75, 3.05) is 4.72 Å². The van der Waals surface area contributed by atoms with Crippen LogP contribution in [0, 0.1) is 15.9 Å². The van der Waals surface area contributed by atoms with Crippen molar-refractivity contribution in [3.63, 3.8) is 0 Å². The van der Waals surface area contributed by atoms with E-state index in [9.17, 15) is 22.9 Å². The first-order valence-corrected chi connectivity index (χ1v) is 6.76. The molecule has 2 rings (SSSR count). The first kappa shape index (κ1) is 13.9. The summed E-state index contributed by atoms with van der Waals surface area (Å²) in [7, 11) is -4.05. The van der Waals surface area contributed by atoms with E-state index in [2.05, 4.69) is 9.71 Å². The highest BCUT2D eigenvalue weighted by molar-refractivity contribution is 7.92. The van der Waals surface area contributed by atoms with Crippen LogP contribution in [-0.4, -0.2) is 18.3 Å². The van der Waals surface area contributed by atoms with Crippen LogP contribution in [0.2, 0.25) is 0 Å². The van der Waals surface area contributed by atoms with Crippen molar-refractivity contribution in [3.8, 4) is 0 Å². The number of nitrogens with zero attached hydrogens (tertiary/aromatic N) is 2. The number of nitrogens with one attached hydrogen (secondary N) is 1. The number of nitro groups is 1. The maximum atomic E-state index is 13.4. The zero-order chi connectivity index (χ0) is 14.8. The lowest BCUT2D eigenvalue weighted by molar-refractivity contribution is -0.387. The first-order chi connectivity index (χ1) is 9.40. The third-order valence-electron chi connectivity index (χ3n) is 2.33. The third kappa shape index (κ3) is 2.88. The third-order valence-corrected chi connectivity index (χ3v) is 3.68. The van der Waals surface area contributed by atoms with E-state index >= 15 is 0 Å². The van der Waals surface area contributed by atoms with Gasteiger partial charge in [-0.05, 0) is 18.2 Å². The number of pyridine rings is 1. The van der Waals surface area contributed by atoms with Gasteiger partial charge in [0, 0.05) is 18.3 Å². The van der Waals surface area contributed by atoms with Crippen molar-refractivity contribution < 1.29 is 17.7 Å². The molecule has 104 valence electrons. The van der Waals surface area contributed by atoms with Gasteiger partial charge in [0.05, 0.1) is 9.82 Å². The molecule has 0 saturated heterocycles. The summed E-state index contributed by atoms with van der Waals surface area (Å²) in [5.74, 6) is -1.16. The molecule has 0 atom stereocenters. The summed E-state index contributed by atoms with van der Waals surface area (Å²) < 4.78 is 39.5. The van der Waals surface area contributed by atoms with Gasteiger partial charge in [-0.3, -0.25) is 14.8 Å². The van der Waals surface area contributed by atoms with Crippen LogP contribution in [0.25, 0.3) is 0 Å². The minimum absolute atomic E-state index is 0.0614. The molecular weight excluding hydrogens is 289 g/mol. The Bertz CT molecular complexity index is 750. The minimum Gasteiger partial charge on any atom is -0.263 e. The Morgan fingerprint density at radius 3 is 2.55 bits per heavy atom. The number of hydrogen-bond donors (Lipinski definition) is 1. The topological polar surface area (TPSA) is 102 Å². The van der Waals surface area contributed by atoms with Gasteiger partial charge < -0.3 is 0 Å². The molecule has 0 aliphatic heterocycles. The van der Waals surface area contributed by atoms with E-state index in [1.165, 1.54) is 12.3 Å². The molecule has 7 nitrogen and oxygen atoms in total. The van der Waals surface area contributed by atoms with Crippen LogP contribution in [0.3, 0.4) is 0 Å². The van der Waals surface area contributed by atoms with Crippen molar-refractivity contribution in [2.24, 2.45) is 0 Å². The van der Waals surface area contributed by atoms with E-state index in [1.54, 1.807) is 12.1 Å². The molecule has 0 saturated carbocycles. The van der Waals surface area contributed by atoms with Gasteiger partial charge >= 0.3 is 5.69 Å². The van der Waals surface area contributed by atoms with Crippen LogP contribution in [-0.2, 0) is 10.0 Å². The summed E-state index contributed by atoms with van der Waals surface area (Å²) in [5.41, 5.74) is -0.790. The molecule has 1 aromatic heterocycles. The van der Waals surface area contributed by atoms with E-state index in [0.717, 1.165) is 12.1 Å². The van der Waals surface area contributed by atoms with Gasteiger partial charge in [-0.15, -0.1) is 0 Å². The molecule has 2 aromatic rings. The molecular formula is C11H8FN3O4S. The maximum absolute atomic E-state index is 13.4. The molecule has 0 radical (unpaired) electrons. The Balaban J connectivity index is 2.35. The van der Waals surface area contributed by atoms with E-state index < -0.39 is 31.3 Å². The molecule has 9 heteroatoms. The number of anilines is 1. The van der Waals surface area contributed by atoms with Gasteiger partial charge in [0.1, 0.15) is 5.82 Å². The zero-order valence-corrected chi connectivity index (χ0v) is 10.7. The molecule has 0 amide bonds. The van der Waals surface area contributed by atoms with E-state index in [4.69, 9.17) is 0 Å². The molecule has 1 N–H and O–H groups in total. The molecule has 1 heterocycles. The van der Waals surface area contributed by atoms with Crippen LogP contribution in [0.5, 0.6) is 0 Å². The summed E-state index contributed by atoms with van der Waals surface area (Å²) in [6.07, 6.45) is 1.38. The van der Waals surface area contributed by atoms with Crippen molar-refractivity contribution in [1.29, 1.82) is 0 Å². The second-order valence-electron chi connectivity index (χ2n) is 3.69. The van der Waals surface area contributed by atoms with Crippen LogP contribution in [0.4, 0.5) is 15.9 Å². The molecule has 0 aliphatic carbocycles. The monoisotopic (exact) mass is 297 g/mol. The van der Waals surface area contributed by atoms with Crippen LogP contribution in [0.15, 0.2) is 47.5 Å². The maximum Gasteiger partial charge on any atom is 0.304 e. The van der Waals surface area contributed by atoms with Crippen molar-refractivity contribution >= 4 is 21.5 Å². The average molecular weight is 297 g/mol. The lowest BCUT2D eigenvalue weighted by Gasteiger charge is -2.07. The Labute approximate surface area is 113 Å². The second kappa shape index (κ2) is 5.21. The molecule has 20 heavy (non-hydrogen) atoms. The number of rotatable bonds is 4. The number of hydrogen-bond acceptors (Lipinski definition) is 5. The molecule has 0 unspecified atom stereocenters. The number of halogens is 1. The molecule has 0 aliphatic rings. The summed E-state index contributed by atoms with van der Waals surface area (Å²) in [5, 5.41) is 10.5. The predicted molar refractivity (Wildman–Crippen MR) is 68.1 cm³/mol. The number of nitro benzene ring substituents is 1. The fourth-order valence-electron chi connectivity index (χ4n) is 1.42. The summed E-state index contributed by atoms with van der Waals surface area (Å²) >= 11 is 0. The summed E-state index contributed by atoms with van der Waals surface area (Å²) in [4.78, 5) is 12.9. The van der Waals surface area contributed by atoms with Crippen LogP contribution < -0.4 is 4.72 Å². The SMILES string of the molecule is O=[N+]([O-])c1ccc(S(=O)(=O)Nc2ccccn2)cc1F. The summed E-state index contributed by atoms with van der Waals surface area (Å²) in [6, 6.07) is 6.92. The number of aromatic nitrogens is 1. The van der Waals surface area contributed by atoms with Crippen molar-refractivity contribution in [1.82, 2.24) is 4.98 Å². The lowest BCUT2D eigenvalue weighted by atomic mass is 10.3. The largest absolute Gasteiger partial charge is 0.304 e. The molecule has 0 spiro atoms. The Morgan fingerprint density at radius 1 is 1.25 bits per heavy atom. The Kier molecular flexibility index (Phi) is 3.61. The van der Waals surface area contributed by atoms with Crippen molar-refractivity contribution in [3.05, 3.63) is 58.5 Å². The van der Waals surface area contributed by atoms with Crippen LogP contribution >= 0.6 is 0 Å². The highest BCUT2D eigenvalue weighted by Crippen LogP contribution is 2.22. The minimum atomic E-state index is -4.05. The van der Waals surface area contributed by atoms with Gasteiger partial charge in [-0.25, -0.2) is 13.4 Å². The number of benzene rings is 1. The van der Waals surface area contributed by atoms with Crippen molar-refractivity contribution in [2.45, 2.75) is 4.90 Å². The fraction of sp³-hybridized carbons (Fsp3) is 0. The normalized spacial score (nSPS) is 11.1. The van der Waals surface area contributed by atoms with Gasteiger partial charge in [0.15, 0.2) is 0 Å². The fourth-order valence-corrected chi connectivity index (χ4v) is 2.44. The van der Waals surface area contributed by atoms with E-state index in [1.807, 2.05) is 0 Å². The second-order valence-corrected chi connectivity index (χ2v) is 5.37. The highest BCUT2D eigenvalue weighted by Gasteiger charge is 2.20. The first-order valence-electron chi connectivity index (χ1n) is 5.28. The quantitative estimate of drug-likeness (QED) is 0.686. The standard InChI is InChI=1S/C11H8FN3O4S/c12-9-7-8(4-5-10(9)15(16)17)20(18,19)14-11-3-1-2-6-13-11/h1-7H,(H,13,14). The summed E-state index contributed by atoms with van der Waals surface area (Å²) in [6.45, 7) is 0. The Morgan fingerprint density at radius 2 is 2.00 bits per heavy atom. The highest BCUT2D eigenvalue weighted by atomic mass is 32.2. The predicted octanol–water partition coefficient (Wildman–Crippen LogP) is 1.93. The average Bonchev–Trinajstić information content (AvgIpc) is 2.38. The lowest BCUT2D eigenvalue weighted by Crippen LogP contribution is -2.14. The number of sulfonamides is 1. The van der Waals surface area contributed by atoms with Gasteiger partial charge in [0.25, 0.3) is 10.0 Å². The Hall–Kier alpha value is -2.55. The van der Waals surface area contributed by atoms with Gasteiger partial charge in [-0.1, -0.05) is 6.07 Å². The zero-order valence-electron chi connectivity index (χ0n) is 9.86. The van der Waals surface area contributed by atoms with E-state index in [-0.39, 0.29) is 5.82 Å². The smallest absolute Gasteiger partial charge is 0.263 e. The van der Waals surface area contributed by atoms with Gasteiger partial charge in [-0.2, -0.15) is 4.39 Å². The van der Waals surface area contributed by atoms with E-state index in [0.29, 0.717) is 6.07 Å². The van der Waals surface area contributed by atoms with Gasteiger partial charge in [0.2, 0.25) is 5.82 Å². The molecule has 0 bridgehead atoms. The molecule has 0 fully saturated rings. The molecule has 1 aromatic carbocycles. The van der Waals surface area contributed by atoms with Crippen LogP contribution in [0.1, 0.15) is 0 Å².